The molecule has 1 N–H and O–H groups in total. The number of aliphatic hydroxyl groups is 1. The Balaban J connectivity index is 0.00000150. The predicted molar refractivity (Wildman–Crippen MR) is 123 cm³/mol. The zero-order valence-corrected chi connectivity index (χ0v) is 17.8. The van der Waals surface area contributed by atoms with Crippen LogP contribution in [0.3, 0.4) is 0 Å². The minimum Gasteiger partial charge on any atom is -0.491 e. The minimum atomic E-state index is -0.502. The number of fused-ring (bicyclic) bond motifs is 1. The molecule has 0 saturated carbocycles. The summed E-state index contributed by atoms with van der Waals surface area (Å²) in [5.41, 5.74) is 0. The third kappa shape index (κ3) is 6.21. The Morgan fingerprint density at radius 1 is 0.897 bits per heavy atom. The fourth-order valence-electron chi connectivity index (χ4n) is 3.50. The molecule has 1 saturated heterocycles. The highest BCUT2D eigenvalue weighted by Crippen LogP contribution is 2.20. The van der Waals surface area contributed by atoms with Crippen molar-refractivity contribution in [2.45, 2.75) is 6.10 Å². The van der Waals surface area contributed by atoms with Crippen LogP contribution in [-0.4, -0.2) is 60.4 Å². The molecule has 3 aromatic rings. The molecule has 0 amide bonds. The van der Waals surface area contributed by atoms with Crippen molar-refractivity contribution in [2.75, 3.05) is 44.2 Å². The van der Waals surface area contributed by atoms with Crippen LogP contribution in [0.5, 0.6) is 5.75 Å². The number of pyridine rings is 1. The number of β-amino-alcohol motifs (C(OH)–C–C–N with tert-alkyl or cyclic N) is 1. The van der Waals surface area contributed by atoms with Crippen LogP contribution < -0.4 is 9.64 Å². The number of halogens is 2. The number of ether oxygens (including phenoxy) is 1. The molecule has 1 aliphatic heterocycles. The van der Waals surface area contributed by atoms with Gasteiger partial charge in [0.05, 0.1) is 0 Å². The molecular formula is C22H27Cl2N3O2. The van der Waals surface area contributed by atoms with Gasteiger partial charge in [-0.15, -0.1) is 24.8 Å². The highest BCUT2D eigenvalue weighted by Gasteiger charge is 2.20. The first-order chi connectivity index (χ1) is 13.3. The number of hydrogen-bond acceptors (Lipinski definition) is 5. The summed E-state index contributed by atoms with van der Waals surface area (Å²) in [6.45, 7) is 4.63. The largest absolute Gasteiger partial charge is 0.491 e. The van der Waals surface area contributed by atoms with Gasteiger partial charge in [0.2, 0.25) is 0 Å². The maximum absolute atomic E-state index is 10.4. The number of aliphatic hydroxyl groups excluding tert-OH is 1. The third-order valence-corrected chi connectivity index (χ3v) is 4.98. The van der Waals surface area contributed by atoms with Crippen LogP contribution in [0.25, 0.3) is 10.8 Å². The molecule has 0 spiro atoms. The average molecular weight is 436 g/mol. The Bertz CT molecular complexity index is 874. The second-order valence-electron chi connectivity index (χ2n) is 6.95. The summed E-state index contributed by atoms with van der Waals surface area (Å²) in [5, 5.41) is 12.7. The molecule has 1 unspecified atom stereocenters. The number of nitrogens with zero attached hydrogens (tertiary/aromatic N) is 3. The van der Waals surface area contributed by atoms with Crippen molar-refractivity contribution < 1.29 is 9.84 Å². The van der Waals surface area contributed by atoms with Gasteiger partial charge in [0.25, 0.3) is 0 Å². The van der Waals surface area contributed by atoms with Gasteiger partial charge in [0, 0.05) is 38.9 Å². The monoisotopic (exact) mass is 435 g/mol. The van der Waals surface area contributed by atoms with Crippen LogP contribution in [0, 0.1) is 0 Å². The second kappa shape index (κ2) is 11.2. The Morgan fingerprint density at radius 3 is 2.34 bits per heavy atom. The standard InChI is InChI=1S/C22H25N3O2.2ClH/c26-20(17-27-21-9-8-18-5-1-2-6-19(18)15-21)16-24-11-13-25(14-12-24)22-7-3-4-10-23-22;;/h1-10,15,20,26H,11-14,16-17H2;2*1H. The fraction of sp³-hybridized carbons (Fsp3) is 0.318. The lowest BCUT2D eigenvalue weighted by atomic mass is 10.1. The van der Waals surface area contributed by atoms with Crippen LogP contribution in [0.1, 0.15) is 0 Å². The Labute approximate surface area is 184 Å². The molecule has 2 aromatic carbocycles. The molecule has 0 radical (unpaired) electrons. The molecule has 1 atom stereocenters. The number of benzene rings is 2. The number of hydrogen-bond donors (Lipinski definition) is 1. The topological polar surface area (TPSA) is 48.8 Å². The third-order valence-electron chi connectivity index (χ3n) is 4.98. The predicted octanol–water partition coefficient (Wildman–Crippen LogP) is 3.64. The Kier molecular flexibility index (Phi) is 8.99. The van der Waals surface area contributed by atoms with Gasteiger partial charge in [-0.1, -0.05) is 36.4 Å². The highest BCUT2D eigenvalue weighted by atomic mass is 35.5. The summed E-state index contributed by atoms with van der Waals surface area (Å²) in [6.07, 6.45) is 1.33. The second-order valence-corrected chi connectivity index (χ2v) is 6.95. The molecule has 0 bridgehead atoms. The van der Waals surface area contributed by atoms with Crippen molar-refractivity contribution in [1.29, 1.82) is 0 Å². The van der Waals surface area contributed by atoms with Crippen molar-refractivity contribution in [3.05, 3.63) is 66.9 Å². The number of rotatable bonds is 6. The molecule has 0 aliphatic carbocycles. The Morgan fingerprint density at radius 2 is 1.62 bits per heavy atom. The van der Waals surface area contributed by atoms with Gasteiger partial charge in [-0.3, -0.25) is 4.90 Å². The van der Waals surface area contributed by atoms with E-state index in [-0.39, 0.29) is 24.8 Å². The van der Waals surface area contributed by atoms with Crippen LogP contribution in [0.2, 0.25) is 0 Å². The van der Waals surface area contributed by atoms with Crippen molar-refractivity contribution in [2.24, 2.45) is 0 Å². The van der Waals surface area contributed by atoms with E-state index in [1.165, 1.54) is 5.39 Å². The van der Waals surface area contributed by atoms with E-state index in [4.69, 9.17) is 4.74 Å². The molecule has 156 valence electrons. The van der Waals surface area contributed by atoms with Gasteiger partial charge in [-0.25, -0.2) is 4.98 Å². The molecule has 29 heavy (non-hydrogen) atoms. The lowest BCUT2D eigenvalue weighted by molar-refractivity contribution is 0.0663. The van der Waals surface area contributed by atoms with E-state index in [0.717, 1.165) is 43.1 Å². The number of anilines is 1. The normalized spacial score (nSPS) is 15.3. The maximum atomic E-state index is 10.4. The molecule has 4 rings (SSSR count). The van der Waals surface area contributed by atoms with E-state index in [0.29, 0.717) is 13.2 Å². The van der Waals surface area contributed by atoms with E-state index in [9.17, 15) is 5.11 Å². The summed E-state index contributed by atoms with van der Waals surface area (Å²) < 4.78 is 5.81. The first-order valence-corrected chi connectivity index (χ1v) is 9.46. The van der Waals surface area contributed by atoms with E-state index in [1.807, 2.05) is 54.7 Å². The van der Waals surface area contributed by atoms with Crippen molar-refractivity contribution in [1.82, 2.24) is 9.88 Å². The van der Waals surface area contributed by atoms with E-state index >= 15 is 0 Å². The van der Waals surface area contributed by atoms with Gasteiger partial charge >= 0.3 is 0 Å². The van der Waals surface area contributed by atoms with Crippen LogP contribution in [-0.2, 0) is 0 Å². The van der Waals surface area contributed by atoms with Gasteiger partial charge < -0.3 is 14.7 Å². The summed E-state index contributed by atoms with van der Waals surface area (Å²) in [5.74, 6) is 1.82. The summed E-state index contributed by atoms with van der Waals surface area (Å²) in [4.78, 5) is 8.98. The fourth-order valence-corrected chi connectivity index (χ4v) is 3.50. The zero-order chi connectivity index (χ0) is 18.5. The average Bonchev–Trinajstić information content (AvgIpc) is 2.73. The van der Waals surface area contributed by atoms with Gasteiger partial charge in [0.1, 0.15) is 24.3 Å². The molecule has 1 aromatic heterocycles. The van der Waals surface area contributed by atoms with Crippen LogP contribution in [0.15, 0.2) is 66.9 Å². The van der Waals surface area contributed by atoms with Crippen molar-refractivity contribution in [3.8, 4) is 5.75 Å². The van der Waals surface area contributed by atoms with Crippen molar-refractivity contribution >= 4 is 41.4 Å². The number of piperazine rings is 1. The van der Waals surface area contributed by atoms with Crippen molar-refractivity contribution in [3.63, 3.8) is 0 Å². The number of aromatic nitrogens is 1. The smallest absolute Gasteiger partial charge is 0.128 e. The van der Waals surface area contributed by atoms with E-state index < -0.39 is 6.10 Å². The molecule has 5 nitrogen and oxygen atoms in total. The summed E-state index contributed by atoms with van der Waals surface area (Å²) in [6, 6.07) is 20.2. The minimum absolute atomic E-state index is 0. The molecule has 7 heteroatoms. The van der Waals surface area contributed by atoms with Gasteiger partial charge in [-0.05, 0) is 35.0 Å². The van der Waals surface area contributed by atoms with Crippen LogP contribution in [0.4, 0.5) is 5.82 Å². The molecule has 2 heterocycles. The zero-order valence-electron chi connectivity index (χ0n) is 16.2. The highest BCUT2D eigenvalue weighted by molar-refractivity contribution is 5.85. The van der Waals surface area contributed by atoms with Gasteiger partial charge in [0.15, 0.2) is 0 Å². The summed E-state index contributed by atoms with van der Waals surface area (Å²) in [7, 11) is 0. The Hall–Kier alpha value is -2.05. The van der Waals surface area contributed by atoms with E-state index in [2.05, 4.69) is 26.9 Å². The van der Waals surface area contributed by atoms with Gasteiger partial charge in [-0.2, -0.15) is 0 Å². The maximum Gasteiger partial charge on any atom is 0.128 e. The molecule has 1 fully saturated rings. The molecular weight excluding hydrogens is 409 g/mol. The lowest BCUT2D eigenvalue weighted by Gasteiger charge is -2.36. The van der Waals surface area contributed by atoms with E-state index in [1.54, 1.807) is 0 Å². The summed E-state index contributed by atoms with van der Waals surface area (Å²) >= 11 is 0. The quantitative estimate of drug-likeness (QED) is 0.640. The molecule has 1 aliphatic rings. The first kappa shape index (κ1) is 23.2. The van der Waals surface area contributed by atoms with Crippen LogP contribution >= 0.6 is 24.8 Å². The SMILES string of the molecule is Cl.Cl.OC(COc1ccc2ccccc2c1)CN1CCN(c2ccccn2)CC1. The lowest BCUT2D eigenvalue weighted by Crippen LogP contribution is -2.49. The first-order valence-electron chi connectivity index (χ1n) is 9.46.